The summed E-state index contributed by atoms with van der Waals surface area (Å²) >= 11 is 0. The molecule has 1 saturated heterocycles. The van der Waals surface area contributed by atoms with Crippen LogP contribution in [-0.2, 0) is 13.1 Å². The van der Waals surface area contributed by atoms with Gasteiger partial charge in [-0.15, -0.1) is 5.10 Å². The van der Waals surface area contributed by atoms with Crippen LogP contribution in [0.2, 0.25) is 0 Å². The van der Waals surface area contributed by atoms with Gasteiger partial charge >= 0.3 is 5.69 Å². The van der Waals surface area contributed by atoms with Gasteiger partial charge in [0.05, 0.1) is 12.2 Å². The van der Waals surface area contributed by atoms with E-state index in [1.54, 1.807) is 15.3 Å². The smallest absolute Gasteiger partial charge is 0.339 e. The van der Waals surface area contributed by atoms with Crippen LogP contribution in [-0.4, -0.2) is 58.5 Å². The van der Waals surface area contributed by atoms with Crippen LogP contribution in [0.25, 0.3) is 5.69 Å². The highest BCUT2D eigenvalue weighted by Gasteiger charge is 2.29. The molecule has 34 heavy (non-hydrogen) atoms. The molecule has 10 heteroatoms. The molecular weight excluding hydrogens is 432 g/mol. The number of aromatic nitrogens is 7. The number of rotatable bonds is 6. The minimum Gasteiger partial charge on any atom is -0.339 e. The summed E-state index contributed by atoms with van der Waals surface area (Å²) in [6.07, 6.45) is 3.03. The maximum absolute atomic E-state index is 13.1. The van der Waals surface area contributed by atoms with Gasteiger partial charge in [-0.25, -0.2) is 14.2 Å². The largest absolute Gasteiger partial charge is 0.346 e. The Balaban J connectivity index is 1.29. The number of nitrogens with zero attached hydrogens (tertiary/aromatic N) is 8. The van der Waals surface area contributed by atoms with Crippen molar-refractivity contribution in [2.45, 2.75) is 38.8 Å². The third kappa shape index (κ3) is 4.26. The summed E-state index contributed by atoms with van der Waals surface area (Å²) in [5.74, 6) is 0.938. The van der Waals surface area contributed by atoms with E-state index < -0.39 is 0 Å². The third-order valence-corrected chi connectivity index (χ3v) is 6.30. The van der Waals surface area contributed by atoms with Crippen LogP contribution in [0.3, 0.4) is 0 Å². The molecule has 0 spiro atoms. The lowest BCUT2D eigenvalue weighted by molar-refractivity contribution is 0.0710. The van der Waals surface area contributed by atoms with E-state index in [1.165, 1.54) is 11.0 Å². The zero-order valence-corrected chi connectivity index (χ0v) is 19.0. The number of likely N-dealkylation sites (tertiary alicyclic amines) is 1. The van der Waals surface area contributed by atoms with Gasteiger partial charge in [0.2, 0.25) is 0 Å². The monoisotopic (exact) mass is 458 g/mol. The van der Waals surface area contributed by atoms with Crippen molar-refractivity contribution in [1.82, 2.24) is 39.5 Å². The van der Waals surface area contributed by atoms with Gasteiger partial charge in [-0.1, -0.05) is 36.4 Å². The van der Waals surface area contributed by atoms with E-state index in [-0.39, 0.29) is 17.5 Å². The third-order valence-electron chi connectivity index (χ3n) is 6.30. The number of carbonyl (C=O) groups is 1. The molecule has 2 aromatic heterocycles. The van der Waals surface area contributed by atoms with Crippen LogP contribution in [0.4, 0.5) is 0 Å². The summed E-state index contributed by atoms with van der Waals surface area (Å²) in [6, 6.07) is 17.2. The van der Waals surface area contributed by atoms with Crippen LogP contribution < -0.4 is 5.69 Å². The topological polar surface area (TPSA) is 104 Å². The van der Waals surface area contributed by atoms with Crippen molar-refractivity contribution in [2.75, 3.05) is 13.1 Å². The number of tetrazole rings is 1. The number of amides is 1. The van der Waals surface area contributed by atoms with Crippen molar-refractivity contribution in [1.29, 1.82) is 0 Å². The molecule has 0 saturated carbocycles. The van der Waals surface area contributed by atoms with E-state index in [0.717, 1.165) is 29.9 Å². The van der Waals surface area contributed by atoms with Crippen LogP contribution >= 0.6 is 0 Å². The molecule has 4 aromatic rings. The molecule has 0 radical (unpaired) electrons. The molecule has 0 bridgehead atoms. The lowest BCUT2D eigenvalue weighted by Gasteiger charge is -2.31. The average Bonchev–Trinajstić information content (AvgIpc) is 3.53. The highest BCUT2D eigenvalue weighted by molar-refractivity contribution is 5.94. The highest BCUT2D eigenvalue weighted by Crippen LogP contribution is 2.27. The molecule has 0 N–H and O–H groups in total. The lowest BCUT2D eigenvalue weighted by Crippen LogP contribution is -2.38. The molecule has 0 atom stereocenters. The summed E-state index contributed by atoms with van der Waals surface area (Å²) in [4.78, 5) is 27.9. The Bertz CT molecular complexity index is 1320. The number of carbonyl (C=O) groups excluding carboxylic acids is 1. The Morgan fingerprint density at radius 2 is 1.85 bits per heavy atom. The van der Waals surface area contributed by atoms with Gasteiger partial charge in [0.25, 0.3) is 5.91 Å². The van der Waals surface area contributed by atoms with Gasteiger partial charge in [-0.05, 0) is 54.0 Å². The van der Waals surface area contributed by atoms with Crippen LogP contribution in [0.5, 0.6) is 0 Å². The first-order valence-corrected chi connectivity index (χ1v) is 11.5. The average molecular weight is 459 g/mol. The van der Waals surface area contributed by atoms with Crippen LogP contribution in [0, 0.1) is 0 Å². The van der Waals surface area contributed by atoms with Gasteiger partial charge < -0.3 is 4.90 Å². The maximum atomic E-state index is 13.1. The van der Waals surface area contributed by atoms with Gasteiger partial charge in [-0.3, -0.25) is 9.36 Å². The second kappa shape index (κ2) is 9.42. The van der Waals surface area contributed by atoms with Crippen molar-refractivity contribution in [3.63, 3.8) is 0 Å². The Labute approximate surface area is 196 Å². The molecule has 0 aliphatic carbocycles. The van der Waals surface area contributed by atoms with E-state index in [2.05, 4.69) is 15.5 Å². The first kappa shape index (κ1) is 21.7. The van der Waals surface area contributed by atoms with Crippen LogP contribution in [0.1, 0.15) is 47.4 Å². The summed E-state index contributed by atoms with van der Waals surface area (Å²) in [5, 5.41) is 15.9. The Morgan fingerprint density at radius 1 is 1.06 bits per heavy atom. The van der Waals surface area contributed by atoms with Crippen LogP contribution in [0.15, 0.2) is 65.7 Å². The van der Waals surface area contributed by atoms with Crippen molar-refractivity contribution < 1.29 is 4.79 Å². The molecule has 174 valence electrons. The molecular formula is C24H26N8O2. The Kier molecular flexibility index (Phi) is 6.03. The minimum absolute atomic E-state index is 0.0177. The summed E-state index contributed by atoms with van der Waals surface area (Å²) in [5.41, 5.74) is 2.30. The van der Waals surface area contributed by atoms with Gasteiger partial charge in [0, 0.05) is 31.1 Å². The zero-order valence-electron chi connectivity index (χ0n) is 19.0. The fourth-order valence-electron chi connectivity index (χ4n) is 4.50. The summed E-state index contributed by atoms with van der Waals surface area (Å²) in [7, 11) is 0. The molecule has 5 rings (SSSR count). The van der Waals surface area contributed by atoms with Gasteiger partial charge in [0.1, 0.15) is 12.2 Å². The van der Waals surface area contributed by atoms with Gasteiger partial charge in [-0.2, -0.15) is 5.10 Å². The van der Waals surface area contributed by atoms with Crippen molar-refractivity contribution in [3.8, 4) is 5.69 Å². The number of piperidine rings is 1. The predicted octanol–water partition coefficient (Wildman–Crippen LogP) is 2.11. The fraction of sp³-hybridized carbons (Fsp3) is 0.333. The second-order valence-corrected chi connectivity index (χ2v) is 8.40. The normalized spacial score (nSPS) is 14.4. The summed E-state index contributed by atoms with van der Waals surface area (Å²) in [6.45, 7) is 4.22. The number of hydrogen-bond donors (Lipinski definition) is 0. The molecule has 1 aliphatic heterocycles. The molecule has 0 unspecified atom stereocenters. The van der Waals surface area contributed by atoms with Crippen molar-refractivity contribution >= 4 is 5.91 Å². The van der Waals surface area contributed by atoms with Crippen molar-refractivity contribution in [2.24, 2.45) is 0 Å². The Morgan fingerprint density at radius 3 is 2.56 bits per heavy atom. The lowest BCUT2D eigenvalue weighted by atomic mass is 9.95. The molecule has 3 heterocycles. The van der Waals surface area contributed by atoms with E-state index in [9.17, 15) is 9.59 Å². The first-order valence-electron chi connectivity index (χ1n) is 11.5. The number of hydrogen-bond acceptors (Lipinski definition) is 6. The maximum Gasteiger partial charge on any atom is 0.346 e. The SMILES string of the molecule is CCn1c(C2CCN(C(=O)c3cccc(-n4cnnn4)c3)CC2)nn(Cc2ccccc2)c1=O. The van der Waals surface area contributed by atoms with E-state index in [4.69, 9.17) is 5.10 Å². The van der Waals surface area contributed by atoms with E-state index in [1.807, 2.05) is 60.4 Å². The van der Waals surface area contributed by atoms with E-state index >= 15 is 0 Å². The highest BCUT2D eigenvalue weighted by atomic mass is 16.2. The Hall–Kier alpha value is -4.08. The molecule has 2 aromatic carbocycles. The number of benzene rings is 2. The quantitative estimate of drug-likeness (QED) is 0.438. The minimum atomic E-state index is -0.0840. The molecule has 10 nitrogen and oxygen atoms in total. The fourth-order valence-corrected chi connectivity index (χ4v) is 4.50. The van der Waals surface area contributed by atoms with Gasteiger partial charge in [0.15, 0.2) is 0 Å². The predicted molar refractivity (Wildman–Crippen MR) is 125 cm³/mol. The molecule has 1 aliphatic rings. The second-order valence-electron chi connectivity index (χ2n) is 8.40. The molecule has 1 fully saturated rings. The van der Waals surface area contributed by atoms with Crippen molar-refractivity contribution in [3.05, 3.63) is 88.4 Å². The first-order chi connectivity index (χ1) is 16.6. The standard InChI is InChI=1S/C24H26N8O2/c1-2-30-22(26-31(24(30)34)16-18-7-4-3-5-8-18)19-11-13-29(14-12-19)23(33)20-9-6-10-21(15-20)32-17-25-27-28-32/h3-10,15,17,19H,2,11-14,16H2,1H3. The zero-order chi connectivity index (χ0) is 23.5. The molecule has 1 amide bonds. The summed E-state index contributed by atoms with van der Waals surface area (Å²) < 4.78 is 4.84. The van der Waals surface area contributed by atoms with E-state index in [0.29, 0.717) is 31.7 Å².